The summed E-state index contributed by atoms with van der Waals surface area (Å²) < 4.78 is 5.10. The molecule has 1 fully saturated rings. The number of hydrogen-bond acceptors (Lipinski definition) is 5. The van der Waals surface area contributed by atoms with Crippen molar-refractivity contribution in [3.05, 3.63) is 63.6 Å². The fourth-order valence-corrected chi connectivity index (χ4v) is 3.75. The second-order valence-electron chi connectivity index (χ2n) is 5.46. The van der Waals surface area contributed by atoms with Gasteiger partial charge in [0.15, 0.2) is 5.17 Å². The minimum atomic E-state index is -0.302. The number of amides is 1. The van der Waals surface area contributed by atoms with Crippen molar-refractivity contribution in [3.63, 3.8) is 0 Å². The summed E-state index contributed by atoms with van der Waals surface area (Å²) >= 11 is 13.4. The number of ether oxygens (including phenoxy) is 1. The van der Waals surface area contributed by atoms with E-state index in [0.29, 0.717) is 21.6 Å². The van der Waals surface area contributed by atoms with Crippen molar-refractivity contribution < 1.29 is 9.53 Å². The van der Waals surface area contributed by atoms with Crippen molar-refractivity contribution >= 4 is 52.3 Å². The highest BCUT2D eigenvalue weighted by Gasteiger charge is 2.30. The van der Waals surface area contributed by atoms with Gasteiger partial charge in [0.25, 0.3) is 0 Å². The SMILES string of the molecule is COc1ccc(C=N/N=C2\NC(=O)C(Cc3ccc(Cl)cc3Cl)S2)cc1. The third kappa shape index (κ3) is 4.78. The van der Waals surface area contributed by atoms with Crippen LogP contribution in [0.15, 0.2) is 52.7 Å². The van der Waals surface area contributed by atoms with E-state index >= 15 is 0 Å². The van der Waals surface area contributed by atoms with Gasteiger partial charge in [0.05, 0.1) is 18.6 Å². The first kappa shape index (κ1) is 18.8. The number of benzene rings is 2. The fourth-order valence-electron chi connectivity index (χ4n) is 2.31. The maximum Gasteiger partial charge on any atom is 0.239 e. The molecule has 1 aliphatic heterocycles. The van der Waals surface area contributed by atoms with Gasteiger partial charge in [0.2, 0.25) is 5.91 Å². The van der Waals surface area contributed by atoms with Crippen LogP contribution >= 0.6 is 35.0 Å². The third-order valence-electron chi connectivity index (χ3n) is 3.67. The Morgan fingerprint density at radius 2 is 2.00 bits per heavy atom. The van der Waals surface area contributed by atoms with Crippen molar-refractivity contribution in [3.8, 4) is 5.75 Å². The van der Waals surface area contributed by atoms with Gasteiger partial charge in [-0.25, -0.2) is 0 Å². The average molecular weight is 408 g/mol. The van der Waals surface area contributed by atoms with Gasteiger partial charge < -0.3 is 10.1 Å². The first-order valence-corrected chi connectivity index (χ1v) is 9.35. The molecule has 0 aliphatic carbocycles. The number of nitrogens with one attached hydrogen (secondary N) is 1. The van der Waals surface area contributed by atoms with Crippen LogP contribution in [-0.2, 0) is 11.2 Å². The Morgan fingerprint density at radius 1 is 1.23 bits per heavy atom. The van der Waals surface area contributed by atoms with Gasteiger partial charge in [-0.15, -0.1) is 5.10 Å². The van der Waals surface area contributed by atoms with E-state index in [9.17, 15) is 4.79 Å². The van der Waals surface area contributed by atoms with Crippen LogP contribution in [0.5, 0.6) is 5.75 Å². The van der Waals surface area contributed by atoms with Gasteiger partial charge in [-0.1, -0.05) is 41.0 Å². The minimum Gasteiger partial charge on any atom is -0.497 e. The maximum atomic E-state index is 12.1. The number of nitrogens with zero attached hydrogens (tertiary/aromatic N) is 2. The maximum absolute atomic E-state index is 12.1. The Balaban J connectivity index is 1.62. The van der Waals surface area contributed by atoms with Gasteiger partial charge in [-0.3, -0.25) is 4.79 Å². The van der Waals surface area contributed by atoms with Gasteiger partial charge in [-0.2, -0.15) is 5.10 Å². The summed E-state index contributed by atoms with van der Waals surface area (Å²) in [4.78, 5) is 12.1. The van der Waals surface area contributed by atoms with Crippen molar-refractivity contribution in [2.24, 2.45) is 10.2 Å². The minimum absolute atomic E-state index is 0.112. The summed E-state index contributed by atoms with van der Waals surface area (Å²) in [5, 5.41) is 12.1. The largest absolute Gasteiger partial charge is 0.497 e. The molecular formula is C18H15Cl2N3O2S. The number of carbonyl (C=O) groups is 1. The van der Waals surface area contributed by atoms with Crippen molar-refractivity contribution in [2.45, 2.75) is 11.7 Å². The van der Waals surface area contributed by atoms with Crippen LogP contribution in [0.2, 0.25) is 10.0 Å². The van der Waals surface area contributed by atoms with Crippen LogP contribution in [0, 0.1) is 0 Å². The Morgan fingerprint density at radius 3 is 2.69 bits per heavy atom. The molecule has 1 saturated heterocycles. The van der Waals surface area contributed by atoms with E-state index in [1.165, 1.54) is 11.8 Å². The van der Waals surface area contributed by atoms with Gasteiger partial charge in [-0.05, 0) is 53.9 Å². The van der Waals surface area contributed by atoms with Crippen LogP contribution < -0.4 is 10.1 Å². The highest BCUT2D eigenvalue weighted by Crippen LogP contribution is 2.28. The van der Waals surface area contributed by atoms with E-state index < -0.39 is 0 Å². The molecule has 2 aromatic rings. The van der Waals surface area contributed by atoms with Crippen molar-refractivity contribution in [1.29, 1.82) is 0 Å². The van der Waals surface area contributed by atoms with Crippen LogP contribution in [-0.4, -0.2) is 29.6 Å². The molecule has 0 spiro atoms. The van der Waals surface area contributed by atoms with E-state index in [4.69, 9.17) is 27.9 Å². The van der Waals surface area contributed by atoms with E-state index in [2.05, 4.69) is 15.5 Å². The molecule has 1 atom stereocenters. The van der Waals surface area contributed by atoms with E-state index in [0.717, 1.165) is 16.9 Å². The Kier molecular flexibility index (Phi) is 6.19. The molecule has 1 N–H and O–H groups in total. The predicted octanol–water partition coefficient (Wildman–Crippen LogP) is 4.17. The molecule has 2 aromatic carbocycles. The zero-order valence-electron chi connectivity index (χ0n) is 13.8. The van der Waals surface area contributed by atoms with Crippen LogP contribution in [0.25, 0.3) is 0 Å². The zero-order chi connectivity index (χ0) is 18.5. The molecule has 0 aromatic heterocycles. The number of carbonyl (C=O) groups excluding carboxylic acids is 1. The molecule has 0 saturated carbocycles. The number of thioether (sulfide) groups is 1. The molecule has 1 aliphatic rings. The van der Waals surface area contributed by atoms with Gasteiger partial charge >= 0.3 is 0 Å². The smallest absolute Gasteiger partial charge is 0.239 e. The first-order chi connectivity index (χ1) is 12.5. The third-order valence-corrected chi connectivity index (χ3v) is 5.33. The highest BCUT2D eigenvalue weighted by molar-refractivity contribution is 8.15. The van der Waals surface area contributed by atoms with Gasteiger partial charge in [0, 0.05) is 10.0 Å². The predicted molar refractivity (Wildman–Crippen MR) is 108 cm³/mol. The lowest BCUT2D eigenvalue weighted by Gasteiger charge is -2.07. The number of hydrogen-bond donors (Lipinski definition) is 1. The molecule has 5 nitrogen and oxygen atoms in total. The molecule has 134 valence electrons. The first-order valence-electron chi connectivity index (χ1n) is 7.71. The standard InChI is InChI=1S/C18H15Cl2N3O2S/c1-25-14-6-2-11(3-7-14)10-21-23-18-22-17(24)16(26-18)8-12-4-5-13(19)9-15(12)20/h2-7,9-10,16H,8H2,1H3,(H,22,23,24). The molecule has 1 heterocycles. The summed E-state index contributed by atoms with van der Waals surface area (Å²) in [6.07, 6.45) is 2.11. The summed E-state index contributed by atoms with van der Waals surface area (Å²) in [5.74, 6) is 0.662. The van der Waals surface area contributed by atoms with Gasteiger partial charge in [0.1, 0.15) is 5.75 Å². The lowest BCUT2D eigenvalue weighted by Crippen LogP contribution is -2.26. The van der Waals surface area contributed by atoms with E-state index in [-0.39, 0.29) is 11.2 Å². The van der Waals surface area contributed by atoms with Crippen molar-refractivity contribution in [1.82, 2.24) is 5.32 Å². The number of amidine groups is 1. The Hall–Kier alpha value is -2.02. The number of methoxy groups -OCH3 is 1. The average Bonchev–Trinajstić information content (AvgIpc) is 2.97. The fraction of sp³-hybridized carbons (Fsp3) is 0.167. The zero-order valence-corrected chi connectivity index (χ0v) is 16.1. The summed E-state index contributed by atoms with van der Waals surface area (Å²) in [7, 11) is 1.61. The lowest BCUT2D eigenvalue weighted by molar-refractivity contribution is -0.118. The number of halogens is 2. The quantitative estimate of drug-likeness (QED) is 0.597. The lowest BCUT2D eigenvalue weighted by atomic mass is 10.1. The molecule has 0 radical (unpaired) electrons. The van der Waals surface area contributed by atoms with E-state index in [1.807, 2.05) is 30.3 Å². The molecular weight excluding hydrogens is 393 g/mol. The summed E-state index contributed by atoms with van der Waals surface area (Å²) in [5.41, 5.74) is 1.75. The number of rotatable bonds is 5. The molecule has 26 heavy (non-hydrogen) atoms. The monoisotopic (exact) mass is 407 g/mol. The normalized spacial score (nSPS) is 18.5. The second-order valence-corrected chi connectivity index (χ2v) is 7.49. The van der Waals surface area contributed by atoms with Crippen molar-refractivity contribution in [2.75, 3.05) is 7.11 Å². The van der Waals surface area contributed by atoms with Crippen LogP contribution in [0.1, 0.15) is 11.1 Å². The molecule has 1 unspecified atom stereocenters. The second kappa shape index (κ2) is 8.58. The Labute approximate surface area is 165 Å². The molecule has 0 bridgehead atoms. The molecule has 8 heteroatoms. The molecule has 1 amide bonds. The topological polar surface area (TPSA) is 63.1 Å². The Bertz CT molecular complexity index is 869. The summed E-state index contributed by atoms with van der Waals surface area (Å²) in [6, 6.07) is 12.7. The van der Waals surface area contributed by atoms with Crippen LogP contribution in [0.4, 0.5) is 0 Å². The highest BCUT2D eigenvalue weighted by atomic mass is 35.5. The van der Waals surface area contributed by atoms with E-state index in [1.54, 1.807) is 25.5 Å². The molecule has 3 rings (SSSR count). The summed E-state index contributed by atoms with van der Waals surface area (Å²) in [6.45, 7) is 0. The van der Waals surface area contributed by atoms with Crippen LogP contribution in [0.3, 0.4) is 0 Å².